The first-order valence-corrected chi connectivity index (χ1v) is 12.4. The molecule has 10 nitrogen and oxygen atoms in total. The summed E-state index contributed by atoms with van der Waals surface area (Å²) in [5.41, 5.74) is 7.48. The molecular formula is C24H27N5O5S. The molecule has 11 heteroatoms. The Labute approximate surface area is 203 Å². The highest BCUT2D eigenvalue weighted by atomic mass is 32.2. The molecule has 2 heterocycles. The summed E-state index contributed by atoms with van der Waals surface area (Å²) in [6.07, 6.45) is 4.27. The molecule has 1 saturated heterocycles. The summed E-state index contributed by atoms with van der Waals surface area (Å²) in [5, 5.41) is 1.39. The van der Waals surface area contributed by atoms with Crippen LogP contribution in [0.4, 0.5) is 5.69 Å². The summed E-state index contributed by atoms with van der Waals surface area (Å²) >= 11 is 0. The first-order valence-electron chi connectivity index (χ1n) is 11.0. The quantitative estimate of drug-likeness (QED) is 0.475. The number of nitrogens with one attached hydrogen (secondary N) is 1. The number of aliphatic imine (C=N–C) groups is 1. The molecule has 0 aliphatic carbocycles. The van der Waals surface area contributed by atoms with E-state index in [1.54, 1.807) is 49.8 Å². The predicted octanol–water partition coefficient (Wildman–Crippen LogP) is 1.75. The van der Waals surface area contributed by atoms with Crippen LogP contribution in [0.2, 0.25) is 0 Å². The maximum Gasteiger partial charge on any atom is 0.301 e. The number of nitrogens with zero attached hydrogens (tertiary/aromatic N) is 3. The molecule has 1 fully saturated rings. The van der Waals surface area contributed by atoms with Crippen molar-refractivity contribution in [1.82, 2.24) is 9.29 Å². The second-order valence-corrected chi connectivity index (χ2v) is 9.86. The first kappa shape index (κ1) is 24.7. The van der Waals surface area contributed by atoms with Gasteiger partial charge >= 0.3 is 10.2 Å². The summed E-state index contributed by atoms with van der Waals surface area (Å²) < 4.78 is 40.4. The van der Waals surface area contributed by atoms with Crippen molar-refractivity contribution in [3.8, 4) is 0 Å². The summed E-state index contributed by atoms with van der Waals surface area (Å²) in [4.78, 5) is 21.9. The standard InChI is InChI=1S/C24H27N5O5S/c1-26-12-18(11-25)17-9-22-23(27-13-17)6-4-16-3-5-19(10-21(16)24(22)30)28-35(31,32)29(2)14-20-15-33-7-8-34-20/h3-6,9-13,20,28H,7-8,14-15,25H2,1-2H3/t20-/m1/s1. The summed E-state index contributed by atoms with van der Waals surface area (Å²) in [5.74, 6) is 0. The molecule has 184 valence electrons. The average molecular weight is 498 g/mol. The topological polar surface area (TPSA) is 136 Å². The van der Waals surface area contributed by atoms with Crippen molar-refractivity contribution >= 4 is 49.4 Å². The molecule has 0 saturated carbocycles. The van der Waals surface area contributed by atoms with Gasteiger partial charge in [0.1, 0.15) is 0 Å². The Hall–Kier alpha value is -3.38. The Morgan fingerprint density at radius 1 is 1.26 bits per heavy atom. The van der Waals surface area contributed by atoms with Gasteiger partial charge in [-0.3, -0.25) is 19.5 Å². The minimum Gasteiger partial charge on any atom is -0.404 e. The molecule has 0 amide bonds. The first-order chi connectivity index (χ1) is 16.8. The van der Waals surface area contributed by atoms with E-state index in [1.807, 2.05) is 0 Å². The van der Waals surface area contributed by atoms with E-state index in [0.29, 0.717) is 52.6 Å². The number of hydrogen-bond acceptors (Lipinski definition) is 8. The van der Waals surface area contributed by atoms with Crippen molar-refractivity contribution in [1.29, 1.82) is 0 Å². The lowest BCUT2D eigenvalue weighted by atomic mass is 10.1. The van der Waals surface area contributed by atoms with Crippen molar-refractivity contribution in [2.75, 3.05) is 45.2 Å². The zero-order chi connectivity index (χ0) is 25.0. The molecule has 0 bridgehead atoms. The van der Waals surface area contributed by atoms with Crippen molar-refractivity contribution < 1.29 is 17.9 Å². The van der Waals surface area contributed by atoms with E-state index in [0.717, 1.165) is 0 Å². The molecule has 1 aliphatic rings. The third kappa shape index (κ3) is 5.49. The minimum atomic E-state index is -3.88. The lowest BCUT2D eigenvalue weighted by Crippen LogP contribution is -2.42. The fourth-order valence-corrected chi connectivity index (χ4v) is 4.77. The zero-order valence-electron chi connectivity index (χ0n) is 19.5. The Morgan fingerprint density at radius 3 is 2.77 bits per heavy atom. The molecule has 1 aliphatic heterocycles. The number of benzene rings is 1. The lowest BCUT2D eigenvalue weighted by molar-refractivity contribution is -0.0908. The third-order valence-corrected chi connectivity index (χ3v) is 7.13. The lowest BCUT2D eigenvalue weighted by Gasteiger charge is -2.27. The fraction of sp³-hybridized carbons (Fsp3) is 0.292. The van der Waals surface area contributed by atoms with Crippen molar-refractivity contribution in [2.45, 2.75) is 6.10 Å². The minimum absolute atomic E-state index is 0.141. The second kappa shape index (κ2) is 10.5. The molecule has 35 heavy (non-hydrogen) atoms. The van der Waals surface area contributed by atoms with Crippen LogP contribution in [0.15, 0.2) is 58.6 Å². The maximum absolute atomic E-state index is 13.5. The molecule has 1 atom stereocenters. The van der Waals surface area contributed by atoms with Crippen molar-refractivity contribution in [2.24, 2.45) is 10.7 Å². The number of allylic oxidation sites excluding steroid dienone is 1. The number of nitrogens with two attached hydrogens (primary N) is 1. The average Bonchev–Trinajstić information content (AvgIpc) is 2.99. The summed E-state index contributed by atoms with van der Waals surface area (Å²) in [7, 11) is -0.797. The van der Waals surface area contributed by atoms with Gasteiger partial charge in [0.25, 0.3) is 0 Å². The maximum atomic E-state index is 13.5. The van der Waals surface area contributed by atoms with E-state index in [2.05, 4.69) is 14.7 Å². The van der Waals surface area contributed by atoms with Gasteiger partial charge in [-0.15, -0.1) is 0 Å². The van der Waals surface area contributed by atoms with Gasteiger partial charge in [-0.05, 0) is 29.7 Å². The molecule has 1 aromatic heterocycles. The van der Waals surface area contributed by atoms with Gasteiger partial charge in [-0.25, -0.2) is 0 Å². The highest BCUT2D eigenvalue weighted by Gasteiger charge is 2.24. The van der Waals surface area contributed by atoms with Crippen LogP contribution in [-0.2, 0) is 19.7 Å². The Kier molecular flexibility index (Phi) is 7.41. The van der Waals surface area contributed by atoms with Gasteiger partial charge in [0.2, 0.25) is 0 Å². The summed E-state index contributed by atoms with van der Waals surface area (Å²) in [6, 6.07) is 10.1. The highest BCUT2D eigenvalue weighted by Crippen LogP contribution is 2.22. The molecule has 0 unspecified atom stereocenters. The van der Waals surface area contributed by atoms with Crippen molar-refractivity contribution in [3.63, 3.8) is 0 Å². The predicted molar refractivity (Wildman–Crippen MR) is 138 cm³/mol. The molecule has 0 spiro atoms. The second-order valence-electron chi connectivity index (χ2n) is 8.09. The zero-order valence-corrected chi connectivity index (χ0v) is 20.3. The van der Waals surface area contributed by atoms with E-state index >= 15 is 0 Å². The smallest absolute Gasteiger partial charge is 0.301 e. The van der Waals surface area contributed by atoms with Gasteiger partial charge in [0.15, 0.2) is 5.43 Å². The van der Waals surface area contributed by atoms with E-state index in [-0.39, 0.29) is 23.8 Å². The molecule has 4 rings (SSSR count). The Bertz CT molecular complexity index is 1470. The van der Waals surface area contributed by atoms with E-state index in [9.17, 15) is 13.2 Å². The van der Waals surface area contributed by atoms with Gasteiger partial charge in [-0.2, -0.15) is 12.7 Å². The van der Waals surface area contributed by atoms with Crippen LogP contribution < -0.4 is 15.9 Å². The van der Waals surface area contributed by atoms with Crippen molar-refractivity contribution in [3.05, 3.63) is 64.6 Å². The van der Waals surface area contributed by atoms with Gasteiger partial charge in [0, 0.05) is 61.2 Å². The SMILES string of the molecule is CN=CC(=CN)c1cnc2ccc3ccc(NS(=O)(=O)N(C)C[C@@H]4COCCO4)cc3c(=O)c2c1. The Morgan fingerprint density at radius 2 is 2.06 bits per heavy atom. The van der Waals surface area contributed by atoms with Gasteiger partial charge in [0.05, 0.1) is 37.1 Å². The number of fused-ring (bicyclic) bond motifs is 2. The van der Waals surface area contributed by atoms with Crippen LogP contribution >= 0.6 is 0 Å². The molecule has 2 aromatic carbocycles. The largest absolute Gasteiger partial charge is 0.404 e. The van der Waals surface area contributed by atoms with Gasteiger partial charge in [-0.1, -0.05) is 12.1 Å². The molecular weight excluding hydrogens is 470 g/mol. The van der Waals surface area contributed by atoms with Crippen LogP contribution in [0, 0.1) is 0 Å². The van der Waals surface area contributed by atoms with Crippen LogP contribution in [0.3, 0.4) is 0 Å². The van der Waals surface area contributed by atoms with E-state index < -0.39 is 10.2 Å². The number of likely N-dealkylation sites (N-methyl/N-ethyl adjacent to an activating group) is 1. The number of pyridine rings is 1. The highest BCUT2D eigenvalue weighted by molar-refractivity contribution is 7.90. The van der Waals surface area contributed by atoms with Crippen LogP contribution in [-0.4, -0.2) is 70.5 Å². The number of rotatable bonds is 7. The number of ether oxygens (including phenoxy) is 2. The third-order valence-electron chi connectivity index (χ3n) is 5.67. The summed E-state index contributed by atoms with van der Waals surface area (Å²) in [6.45, 7) is 1.40. The number of aromatic nitrogens is 1. The normalized spacial score (nSPS) is 17.5. The number of anilines is 1. The van der Waals surface area contributed by atoms with Crippen LogP contribution in [0.1, 0.15) is 5.56 Å². The van der Waals surface area contributed by atoms with Crippen LogP contribution in [0.25, 0.3) is 27.2 Å². The molecule has 3 N–H and O–H groups in total. The van der Waals surface area contributed by atoms with Gasteiger partial charge < -0.3 is 15.2 Å². The number of hydrogen-bond donors (Lipinski definition) is 2. The van der Waals surface area contributed by atoms with E-state index in [1.165, 1.54) is 23.6 Å². The fourth-order valence-electron chi connectivity index (χ4n) is 3.83. The van der Waals surface area contributed by atoms with Crippen LogP contribution in [0.5, 0.6) is 0 Å². The monoisotopic (exact) mass is 497 g/mol. The molecule has 3 aromatic rings. The molecule has 0 radical (unpaired) electrons. The van der Waals surface area contributed by atoms with E-state index in [4.69, 9.17) is 15.2 Å². The Balaban J connectivity index is 1.70.